The van der Waals surface area contributed by atoms with Gasteiger partial charge in [0.1, 0.15) is 5.76 Å². The van der Waals surface area contributed by atoms with Gasteiger partial charge in [-0.2, -0.15) is 0 Å². The molecule has 0 saturated carbocycles. The summed E-state index contributed by atoms with van der Waals surface area (Å²) in [4.78, 5) is 0. The molecular weight excluding hydrogens is 240 g/mol. The van der Waals surface area contributed by atoms with Gasteiger partial charge >= 0.3 is 0 Å². The molecule has 0 aromatic carbocycles. The van der Waals surface area contributed by atoms with Crippen molar-refractivity contribution in [3.05, 3.63) is 24.2 Å². The molecule has 0 saturated heterocycles. The fourth-order valence-corrected chi connectivity index (χ4v) is 2.66. The third kappa shape index (κ3) is 4.98. The molecule has 0 bridgehead atoms. The van der Waals surface area contributed by atoms with Crippen LogP contribution in [0, 0.1) is 0 Å². The lowest BCUT2D eigenvalue weighted by Gasteiger charge is -2.36. The van der Waals surface area contributed by atoms with Gasteiger partial charge in [0.05, 0.1) is 6.26 Å². The Morgan fingerprint density at radius 2 is 1.89 bits per heavy atom. The summed E-state index contributed by atoms with van der Waals surface area (Å²) in [5.74, 6) is 1.10. The minimum absolute atomic E-state index is 0.321. The molecule has 0 radical (unpaired) electrons. The Kier molecular flexibility index (Phi) is 5.67. The Hall–Kier alpha value is -0.543. The molecule has 18 heavy (non-hydrogen) atoms. The van der Waals surface area contributed by atoms with E-state index in [2.05, 4.69) is 33.9 Å². The summed E-state index contributed by atoms with van der Waals surface area (Å²) in [5.41, 5.74) is 0. The monoisotopic (exact) mass is 268 g/mol. The number of rotatable bonds is 7. The first-order valence-corrected chi connectivity index (χ1v) is 9.90. The van der Waals surface area contributed by atoms with Crippen LogP contribution in [-0.4, -0.2) is 14.9 Å². The van der Waals surface area contributed by atoms with Gasteiger partial charge in [0.2, 0.25) is 0 Å². The van der Waals surface area contributed by atoms with E-state index >= 15 is 0 Å². The number of unbranched alkanes of at least 4 members (excludes halogenated alkanes) is 2. The molecule has 0 unspecified atom stereocenters. The molecule has 0 aliphatic rings. The van der Waals surface area contributed by atoms with Crippen LogP contribution < -0.4 is 0 Å². The smallest absolute Gasteiger partial charge is 0.191 e. The largest absolute Gasteiger partial charge is 0.469 e. The molecular formula is C15H28O2Si. The molecule has 3 heteroatoms. The molecule has 0 atom stereocenters. The Balaban J connectivity index is 2.08. The van der Waals surface area contributed by atoms with Gasteiger partial charge in [-0.15, -0.1) is 0 Å². The van der Waals surface area contributed by atoms with E-state index in [1.807, 2.05) is 12.1 Å². The van der Waals surface area contributed by atoms with E-state index in [-0.39, 0.29) is 0 Å². The lowest BCUT2D eigenvalue weighted by molar-refractivity contribution is 0.277. The standard InChI is InChI=1S/C15H28O2Si/c1-15(2,3)18(4,5)17-13-8-6-7-10-14-11-9-12-16-14/h9,11-12H,6-8,10,13H2,1-5H3. The van der Waals surface area contributed by atoms with E-state index < -0.39 is 8.32 Å². The average molecular weight is 268 g/mol. The van der Waals surface area contributed by atoms with Crippen LogP contribution in [-0.2, 0) is 10.8 Å². The Morgan fingerprint density at radius 3 is 2.44 bits per heavy atom. The van der Waals surface area contributed by atoms with E-state index in [1.165, 1.54) is 12.8 Å². The van der Waals surface area contributed by atoms with E-state index in [0.29, 0.717) is 5.04 Å². The molecule has 1 aromatic heterocycles. The first-order chi connectivity index (χ1) is 8.33. The van der Waals surface area contributed by atoms with Crippen molar-refractivity contribution in [3.8, 4) is 0 Å². The summed E-state index contributed by atoms with van der Waals surface area (Å²) in [7, 11) is -1.54. The highest BCUT2D eigenvalue weighted by Gasteiger charge is 2.36. The molecule has 1 aromatic rings. The topological polar surface area (TPSA) is 22.4 Å². The van der Waals surface area contributed by atoms with Crippen LogP contribution in [0.15, 0.2) is 22.8 Å². The van der Waals surface area contributed by atoms with Crippen molar-refractivity contribution in [2.75, 3.05) is 6.61 Å². The molecule has 0 amide bonds. The molecule has 0 spiro atoms. The summed E-state index contributed by atoms with van der Waals surface area (Å²) < 4.78 is 11.5. The van der Waals surface area contributed by atoms with Crippen molar-refractivity contribution in [1.29, 1.82) is 0 Å². The van der Waals surface area contributed by atoms with Crippen molar-refractivity contribution >= 4 is 8.32 Å². The second-order valence-electron chi connectivity index (χ2n) is 6.50. The zero-order valence-electron chi connectivity index (χ0n) is 12.6. The van der Waals surface area contributed by atoms with Gasteiger partial charge in [-0.1, -0.05) is 27.2 Å². The molecule has 1 rings (SSSR count). The highest BCUT2D eigenvalue weighted by molar-refractivity contribution is 6.74. The predicted molar refractivity (Wildman–Crippen MR) is 79.4 cm³/mol. The second kappa shape index (κ2) is 6.57. The Morgan fingerprint density at radius 1 is 1.17 bits per heavy atom. The maximum atomic E-state index is 6.15. The van der Waals surface area contributed by atoms with E-state index in [0.717, 1.165) is 25.2 Å². The summed E-state index contributed by atoms with van der Waals surface area (Å²) in [5, 5.41) is 0.321. The second-order valence-corrected chi connectivity index (χ2v) is 11.3. The Labute approximate surface area is 113 Å². The molecule has 0 aliphatic heterocycles. The molecule has 1 heterocycles. The molecule has 0 N–H and O–H groups in total. The van der Waals surface area contributed by atoms with Crippen molar-refractivity contribution in [2.45, 2.75) is 64.6 Å². The Bertz CT molecular complexity index is 323. The van der Waals surface area contributed by atoms with Crippen LogP contribution >= 0.6 is 0 Å². The van der Waals surface area contributed by atoms with Crippen LogP contribution in [0.1, 0.15) is 45.8 Å². The average Bonchev–Trinajstić information content (AvgIpc) is 2.74. The van der Waals surface area contributed by atoms with Crippen molar-refractivity contribution in [2.24, 2.45) is 0 Å². The van der Waals surface area contributed by atoms with Gasteiger partial charge in [0.25, 0.3) is 0 Å². The van der Waals surface area contributed by atoms with Gasteiger partial charge in [-0.3, -0.25) is 0 Å². The third-order valence-corrected chi connectivity index (χ3v) is 8.45. The maximum Gasteiger partial charge on any atom is 0.191 e. The normalized spacial score (nSPS) is 12.9. The van der Waals surface area contributed by atoms with E-state index in [4.69, 9.17) is 8.84 Å². The first-order valence-electron chi connectivity index (χ1n) is 6.99. The van der Waals surface area contributed by atoms with Crippen LogP contribution in [0.4, 0.5) is 0 Å². The highest BCUT2D eigenvalue weighted by Crippen LogP contribution is 2.36. The number of hydrogen-bond acceptors (Lipinski definition) is 2. The van der Waals surface area contributed by atoms with Crippen LogP contribution in [0.3, 0.4) is 0 Å². The zero-order chi connectivity index (χ0) is 13.6. The fourth-order valence-electron chi connectivity index (χ4n) is 1.58. The van der Waals surface area contributed by atoms with Gasteiger partial charge in [0.15, 0.2) is 8.32 Å². The number of aryl methyl sites for hydroxylation is 1. The van der Waals surface area contributed by atoms with E-state index in [9.17, 15) is 0 Å². The van der Waals surface area contributed by atoms with Crippen molar-refractivity contribution in [1.82, 2.24) is 0 Å². The maximum absolute atomic E-state index is 6.15. The quantitative estimate of drug-likeness (QED) is 0.512. The first kappa shape index (κ1) is 15.5. The third-order valence-electron chi connectivity index (χ3n) is 3.92. The SMILES string of the molecule is CC(C)(C)[Si](C)(C)OCCCCCc1ccco1. The van der Waals surface area contributed by atoms with E-state index in [1.54, 1.807) is 6.26 Å². The summed E-state index contributed by atoms with van der Waals surface area (Å²) in [6.45, 7) is 12.4. The summed E-state index contributed by atoms with van der Waals surface area (Å²) in [6.07, 6.45) is 6.36. The summed E-state index contributed by atoms with van der Waals surface area (Å²) >= 11 is 0. The predicted octanol–water partition coefficient (Wildman–Crippen LogP) is 5.01. The number of hydrogen-bond donors (Lipinski definition) is 0. The van der Waals surface area contributed by atoms with Crippen molar-refractivity contribution in [3.63, 3.8) is 0 Å². The molecule has 104 valence electrons. The van der Waals surface area contributed by atoms with Crippen LogP contribution in [0.5, 0.6) is 0 Å². The van der Waals surface area contributed by atoms with Gasteiger partial charge in [0, 0.05) is 13.0 Å². The van der Waals surface area contributed by atoms with Gasteiger partial charge in [-0.05, 0) is 43.1 Å². The molecule has 0 aliphatic carbocycles. The lowest BCUT2D eigenvalue weighted by atomic mass is 10.2. The number of furan rings is 1. The minimum atomic E-state index is -1.54. The zero-order valence-corrected chi connectivity index (χ0v) is 13.6. The summed E-state index contributed by atoms with van der Waals surface area (Å²) in [6, 6.07) is 4.00. The lowest BCUT2D eigenvalue weighted by Crippen LogP contribution is -2.40. The van der Waals surface area contributed by atoms with Crippen molar-refractivity contribution < 1.29 is 8.84 Å². The highest BCUT2D eigenvalue weighted by atomic mass is 28.4. The van der Waals surface area contributed by atoms with Gasteiger partial charge in [-0.25, -0.2) is 0 Å². The van der Waals surface area contributed by atoms with Crippen LogP contribution in [0.25, 0.3) is 0 Å². The molecule has 2 nitrogen and oxygen atoms in total. The van der Waals surface area contributed by atoms with Crippen LogP contribution in [0.2, 0.25) is 18.1 Å². The van der Waals surface area contributed by atoms with Gasteiger partial charge < -0.3 is 8.84 Å². The minimum Gasteiger partial charge on any atom is -0.469 e. The molecule has 0 fully saturated rings. The fraction of sp³-hybridized carbons (Fsp3) is 0.733.